The molecule has 0 aliphatic heterocycles. The van der Waals surface area contributed by atoms with E-state index < -0.39 is 17.0 Å². The predicted molar refractivity (Wildman–Crippen MR) is 118 cm³/mol. The molecule has 0 bridgehead atoms. The van der Waals surface area contributed by atoms with Crippen LogP contribution in [0.2, 0.25) is 0 Å². The first-order valence-corrected chi connectivity index (χ1v) is 9.79. The van der Waals surface area contributed by atoms with Crippen molar-refractivity contribution in [2.75, 3.05) is 21.3 Å². The van der Waals surface area contributed by atoms with Crippen molar-refractivity contribution in [1.82, 2.24) is 20.0 Å². The summed E-state index contributed by atoms with van der Waals surface area (Å²) in [5.41, 5.74) is -0.513. The van der Waals surface area contributed by atoms with E-state index in [1.54, 1.807) is 31.4 Å². The number of carbonyl (C=O) groups excluding carboxylic acids is 1. The average molecular weight is 452 g/mol. The van der Waals surface area contributed by atoms with Gasteiger partial charge in [0.05, 0.1) is 38.7 Å². The number of nitrogens with one attached hydrogen (secondary N) is 1. The van der Waals surface area contributed by atoms with E-state index in [0.717, 1.165) is 10.4 Å². The van der Waals surface area contributed by atoms with E-state index in [-0.39, 0.29) is 35.1 Å². The van der Waals surface area contributed by atoms with Gasteiger partial charge in [0.2, 0.25) is 12.2 Å². The number of rotatable bonds is 7. The lowest BCUT2D eigenvalue weighted by molar-refractivity contribution is -0.147. The number of esters is 1. The van der Waals surface area contributed by atoms with Crippen LogP contribution in [0.4, 0.5) is 0 Å². The number of methoxy groups -OCH3 is 3. The van der Waals surface area contributed by atoms with E-state index in [4.69, 9.17) is 18.9 Å². The fourth-order valence-electron chi connectivity index (χ4n) is 3.28. The Bertz CT molecular complexity index is 1460. The monoisotopic (exact) mass is 452 g/mol. The molecule has 170 valence electrons. The maximum atomic E-state index is 13.1. The van der Waals surface area contributed by atoms with Gasteiger partial charge in [0.15, 0.2) is 22.5 Å². The van der Waals surface area contributed by atoms with Crippen molar-refractivity contribution in [3.63, 3.8) is 0 Å². The number of fused-ring (bicyclic) bond motifs is 2. The largest absolute Gasteiger partial charge is 0.497 e. The molecule has 11 heteroatoms. The normalized spacial score (nSPS) is 10.9. The van der Waals surface area contributed by atoms with Crippen molar-refractivity contribution in [2.45, 2.75) is 13.2 Å². The lowest BCUT2D eigenvalue weighted by atomic mass is 10.1. The van der Waals surface area contributed by atoms with Gasteiger partial charge in [-0.1, -0.05) is 12.1 Å². The number of hydrogen-bond acceptors (Lipinski definition) is 9. The standard InChI is InChI=1S/C22H20N4O7/c1-30-13-6-4-12(5-7-13)8-18(27)33-11-26-24-19-20(25-26)22(29)23-15-10-17(32-3)16(31-2)9-14(15)21(19)28/h4-7,9-10H,8,11H2,1-3H3,(H,23,29). The average Bonchev–Trinajstić information content (AvgIpc) is 3.23. The molecule has 0 amide bonds. The number of ether oxygens (including phenoxy) is 4. The molecule has 0 radical (unpaired) electrons. The number of nitrogens with zero attached hydrogens (tertiary/aromatic N) is 3. The summed E-state index contributed by atoms with van der Waals surface area (Å²) >= 11 is 0. The van der Waals surface area contributed by atoms with E-state index in [0.29, 0.717) is 17.2 Å². The van der Waals surface area contributed by atoms with Crippen molar-refractivity contribution in [3.8, 4) is 17.2 Å². The van der Waals surface area contributed by atoms with Crippen molar-refractivity contribution in [3.05, 3.63) is 62.5 Å². The number of hydrogen-bond donors (Lipinski definition) is 1. The van der Waals surface area contributed by atoms with Crippen molar-refractivity contribution in [1.29, 1.82) is 0 Å². The number of benzene rings is 2. The zero-order valence-corrected chi connectivity index (χ0v) is 18.1. The summed E-state index contributed by atoms with van der Waals surface area (Å²) in [4.78, 5) is 41.5. The second-order valence-electron chi connectivity index (χ2n) is 6.98. The number of aromatic amines is 1. The SMILES string of the molecule is COc1ccc(CC(=O)OCn2nc3c(=O)[nH]c4cc(OC)c(OC)cc4c(=O)c3n2)cc1. The maximum absolute atomic E-state index is 13.1. The second kappa shape index (κ2) is 8.99. The highest BCUT2D eigenvalue weighted by Crippen LogP contribution is 2.29. The van der Waals surface area contributed by atoms with Crippen molar-refractivity contribution < 1.29 is 23.7 Å². The Morgan fingerprint density at radius 2 is 1.61 bits per heavy atom. The summed E-state index contributed by atoms with van der Waals surface area (Å²) in [6.45, 7) is -0.360. The fraction of sp³-hybridized carbons (Fsp3) is 0.227. The lowest BCUT2D eigenvalue weighted by Gasteiger charge is -2.07. The molecular formula is C22H20N4O7. The van der Waals surface area contributed by atoms with Gasteiger partial charge < -0.3 is 23.9 Å². The Labute approximate surface area is 186 Å². The second-order valence-corrected chi connectivity index (χ2v) is 6.98. The van der Waals surface area contributed by atoms with E-state index in [9.17, 15) is 14.4 Å². The smallest absolute Gasteiger partial charge is 0.312 e. The highest BCUT2D eigenvalue weighted by Gasteiger charge is 2.16. The molecule has 4 rings (SSSR count). The Morgan fingerprint density at radius 1 is 0.939 bits per heavy atom. The summed E-state index contributed by atoms with van der Waals surface area (Å²) in [7, 11) is 4.44. The molecule has 2 aromatic carbocycles. The minimum atomic E-state index is -0.625. The highest BCUT2D eigenvalue weighted by molar-refractivity contribution is 5.88. The van der Waals surface area contributed by atoms with Gasteiger partial charge in [-0.25, -0.2) is 0 Å². The molecule has 0 atom stereocenters. The summed E-state index contributed by atoms with van der Waals surface area (Å²) in [6, 6.07) is 9.92. The fourth-order valence-corrected chi connectivity index (χ4v) is 3.28. The van der Waals surface area contributed by atoms with Crippen LogP contribution >= 0.6 is 0 Å². The lowest BCUT2D eigenvalue weighted by Crippen LogP contribution is -2.14. The molecule has 2 aromatic heterocycles. The van der Waals surface area contributed by atoms with Crippen LogP contribution in [-0.4, -0.2) is 47.3 Å². The molecule has 0 aliphatic rings. The quantitative estimate of drug-likeness (QED) is 0.413. The van der Waals surface area contributed by atoms with Gasteiger partial charge in [-0.3, -0.25) is 14.4 Å². The first-order valence-electron chi connectivity index (χ1n) is 9.79. The zero-order valence-electron chi connectivity index (χ0n) is 18.1. The topological polar surface area (TPSA) is 135 Å². The van der Waals surface area contributed by atoms with Crippen LogP contribution in [0.25, 0.3) is 21.9 Å². The van der Waals surface area contributed by atoms with Crippen molar-refractivity contribution in [2.24, 2.45) is 0 Å². The van der Waals surface area contributed by atoms with E-state index in [1.807, 2.05) is 0 Å². The number of carbonyl (C=O) groups is 1. The van der Waals surface area contributed by atoms with Crippen LogP contribution in [0.1, 0.15) is 5.56 Å². The first kappa shape index (κ1) is 21.8. The molecule has 0 unspecified atom stereocenters. The minimum absolute atomic E-state index is 0.0272. The molecule has 11 nitrogen and oxygen atoms in total. The van der Waals surface area contributed by atoms with Crippen LogP contribution < -0.4 is 25.2 Å². The highest BCUT2D eigenvalue weighted by atomic mass is 16.5. The Hall–Kier alpha value is -4.41. The first-order chi connectivity index (χ1) is 15.9. The van der Waals surface area contributed by atoms with E-state index >= 15 is 0 Å². The summed E-state index contributed by atoms with van der Waals surface area (Å²) in [6.07, 6.45) is 0.0272. The molecule has 0 aliphatic carbocycles. The van der Waals surface area contributed by atoms with Crippen LogP contribution in [-0.2, 0) is 22.7 Å². The van der Waals surface area contributed by atoms with Gasteiger partial charge in [0.1, 0.15) is 5.75 Å². The molecule has 4 aromatic rings. The van der Waals surface area contributed by atoms with Gasteiger partial charge in [0, 0.05) is 6.07 Å². The van der Waals surface area contributed by atoms with Crippen LogP contribution in [0.3, 0.4) is 0 Å². The van der Waals surface area contributed by atoms with Crippen LogP contribution in [0.15, 0.2) is 46.0 Å². The Kier molecular flexibility index (Phi) is 5.94. The third-order valence-electron chi connectivity index (χ3n) is 4.95. The summed E-state index contributed by atoms with van der Waals surface area (Å²) in [5.74, 6) is 0.827. The van der Waals surface area contributed by atoms with Gasteiger partial charge in [-0.2, -0.15) is 0 Å². The predicted octanol–water partition coefficient (Wildman–Crippen LogP) is 1.40. The summed E-state index contributed by atoms with van der Waals surface area (Å²) < 4.78 is 20.7. The minimum Gasteiger partial charge on any atom is -0.497 e. The van der Waals surface area contributed by atoms with E-state index in [1.165, 1.54) is 26.4 Å². The Balaban J connectivity index is 1.62. The van der Waals surface area contributed by atoms with E-state index in [2.05, 4.69) is 15.2 Å². The number of H-pyrrole nitrogens is 1. The van der Waals surface area contributed by atoms with Gasteiger partial charge in [-0.15, -0.1) is 15.0 Å². The molecule has 0 saturated heterocycles. The van der Waals surface area contributed by atoms with Crippen LogP contribution in [0, 0.1) is 0 Å². The maximum Gasteiger partial charge on any atom is 0.312 e. The van der Waals surface area contributed by atoms with Crippen molar-refractivity contribution >= 4 is 27.9 Å². The molecule has 0 fully saturated rings. The van der Waals surface area contributed by atoms with Gasteiger partial charge in [0.25, 0.3) is 5.56 Å². The Morgan fingerprint density at radius 3 is 2.27 bits per heavy atom. The molecule has 1 N–H and O–H groups in total. The van der Waals surface area contributed by atoms with Crippen LogP contribution in [0.5, 0.6) is 17.2 Å². The molecular weight excluding hydrogens is 432 g/mol. The third-order valence-corrected chi connectivity index (χ3v) is 4.95. The third kappa shape index (κ3) is 4.33. The molecule has 0 spiro atoms. The summed E-state index contributed by atoms with van der Waals surface area (Å²) in [5, 5.41) is 8.27. The zero-order chi connectivity index (χ0) is 23.5. The van der Waals surface area contributed by atoms with Gasteiger partial charge >= 0.3 is 5.97 Å². The van der Waals surface area contributed by atoms with Gasteiger partial charge in [-0.05, 0) is 23.8 Å². The number of aromatic nitrogens is 4. The molecule has 0 saturated carbocycles. The molecule has 2 heterocycles. The molecule has 33 heavy (non-hydrogen) atoms.